The van der Waals surface area contributed by atoms with Gasteiger partial charge in [-0.3, -0.25) is 0 Å². The van der Waals surface area contributed by atoms with E-state index in [2.05, 4.69) is 20.3 Å². The normalized spacial score (nSPS) is 10.5. The van der Waals surface area contributed by atoms with E-state index in [-0.39, 0.29) is 6.10 Å². The summed E-state index contributed by atoms with van der Waals surface area (Å²) in [6.07, 6.45) is 4.83. The number of anilines is 1. The van der Waals surface area contributed by atoms with Crippen molar-refractivity contribution < 1.29 is 4.74 Å². The first-order chi connectivity index (χ1) is 9.15. The molecule has 6 heteroatoms. The number of aromatic nitrogens is 3. The van der Waals surface area contributed by atoms with Gasteiger partial charge < -0.3 is 10.1 Å². The van der Waals surface area contributed by atoms with E-state index in [9.17, 15) is 0 Å². The molecule has 2 rings (SSSR count). The minimum atomic E-state index is 0.104. The quantitative estimate of drug-likeness (QED) is 0.911. The summed E-state index contributed by atoms with van der Waals surface area (Å²) >= 11 is 5.97. The highest BCUT2D eigenvalue weighted by atomic mass is 35.5. The van der Waals surface area contributed by atoms with Crippen molar-refractivity contribution in [3.05, 3.63) is 41.4 Å². The van der Waals surface area contributed by atoms with Crippen LogP contribution in [0.5, 0.6) is 5.88 Å². The lowest BCUT2D eigenvalue weighted by Crippen LogP contribution is -2.08. The molecule has 0 aromatic carbocycles. The van der Waals surface area contributed by atoms with Crippen LogP contribution in [0.25, 0.3) is 0 Å². The number of nitrogens with one attached hydrogen (secondary N) is 1. The van der Waals surface area contributed by atoms with Gasteiger partial charge in [0.25, 0.3) is 0 Å². The van der Waals surface area contributed by atoms with Crippen molar-refractivity contribution in [2.24, 2.45) is 0 Å². The van der Waals surface area contributed by atoms with Crippen LogP contribution in [0.4, 0.5) is 5.82 Å². The number of pyridine rings is 1. The average molecular weight is 279 g/mol. The van der Waals surface area contributed by atoms with Crippen LogP contribution in [-0.2, 0) is 6.54 Å². The smallest absolute Gasteiger partial charge is 0.213 e. The Kier molecular flexibility index (Phi) is 4.52. The summed E-state index contributed by atoms with van der Waals surface area (Å²) in [7, 11) is 0. The van der Waals surface area contributed by atoms with Crippen LogP contribution >= 0.6 is 11.6 Å². The predicted octanol–water partition coefficient (Wildman–Crippen LogP) is 2.92. The molecule has 0 atom stereocenters. The first-order valence-electron chi connectivity index (χ1n) is 5.96. The zero-order valence-electron chi connectivity index (χ0n) is 10.8. The van der Waals surface area contributed by atoms with Crippen LogP contribution in [0.3, 0.4) is 0 Å². The molecule has 0 aliphatic heterocycles. The molecule has 100 valence electrons. The largest absolute Gasteiger partial charge is 0.475 e. The van der Waals surface area contributed by atoms with Gasteiger partial charge in [-0.05, 0) is 25.5 Å². The Labute approximate surface area is 117 Å². The van der Waals surface area contributed by atoms with Gasteiger partial charge >= 0.3 is 0 Å². The van der Waals surface area contributed by atoms with Crippen molar-refractivity contribution in [3.8, 4) is 5.88 Å². The van der Waals surface area contributed by atoms with Crippen LogP contribution in [0.15, 0.2) is 30.9 Å². The van der Waals surface area contributed by atoms with E-state index in [1.165, 1.54) is 6.33 Å². The molecule has 0 aliphatic carbocycles. The molecule has 0 unspecified atom stereocenters. The molecular weight excluding hydrogens is 264 g/mol. The van der Waals surface area contributed by atoms with Gasteiger partial charge in [0.1, 0.15) is 17.2 Å². The molecule has 0 saturated heterocycles. The highest BCUT2D eigenvalue weighted by Gasteiger charge is 2.03. The Morgan fingerprint density at radius 3 is 2.95 bits per heavy atom. The maximum absolute atomic E-state index is 5.97. The Hall–Kier alpha value is -1.88. The maximum atomic E-state index is 5.97. The monoisotopic (exact) mass is 278 g/mol. The number of hydrogen-bond donors (Lipinski definition) is 1. The third-order valence-corrected chi connectivity index (χ3v) is 2.56. The summed E-state index contributed by atoms with van der Waals surface area (Å²) in [6, 6.07) is 3.80. The Balaban J connectivity index is 2.02. The fourth-order valence-electron chi connectivity index (χ4n) is 1.49. The molecule has 2 aromatic rings. The Morgan fingerprint density at radius 1 is 1.37 bits per heavy atom. The lowest BCUT2D eigenvalue weighted by molar-refractivity contribution is 0.232. The lowest BCUT2D eigenvalue weighted by Gasteiger charge is -2.10. The highest BCUT2D eigenvalue weighted by Crippen LogP contribution is 2.18. The first-order valence-corrected chi connectivity index (χ1v) is 6.34. The Bertz CT molecular complexity index is 548. The van der Waals surface area contributed by atoms with Gasteiger partial charge in [-0.15, -0.1) is 0 Å². The van der Waals surface area contributed by atoms with Crippen molar-refractivity contribution in [1.82, 2.24) is 15.0 Å². The van der Waals surface area contributed by atoms with Crippen LogP contribution in [0.2, 0.25) is 5.02 Å². The molecule has 0 fully saturated rings. The third-order valence-electron chi connectivity index (χ3n) is 2.28. The molecule has 0 amide bonds. The van der Waals surface area contributed by atoms with E-state index in [1.54, 1.807) is 12.4 Å². The second-order valence-electron chi connectivity index (χ2n) is 4.24. The standard InChI is InChI=1S/C13H15ClN4O/c1-9(2)19-12-5-10(3-4-16-12)6-17-13-11(14)7-15-8-18-13/h3-5,7-9H,6H2,1-2H3,(H,15,17,18). The molecule has 19 heavy (non-hydrogen) atoms. The molecule has 0 bridgehead atoms. The van der Waals surface area contributed by atoms with Gasteiger partial charge in [-0.1, -0.05) is 11.6 Å². The molecule has 0 spiro atoms. The second kappa shape index (κ2) is 6.33. The van der Waals surface area contributed by atoms with Crippen molar-refractivity contribution in [1.29, 1.82) is 0 Å². The van der Waals surface area contributed by atoms with Crippen molar-refractivity contribution in [2.75, 3.05) is 5.32 Å². The van der Waals surface area contributed by atoms with Crippen LogP contribution in [-0.4, -0.2) is 21.1 Å². The van der Waals surface area contributed by atoms with Crippen LogP contribution in [0, 0.1) is 0 Å². The minimum Gasteiger partial charge on any atom is -0.475 e. The number of halogens is 1. The zero-order chi connectivity index (χ0) is 13.7. The van der Waals surface area contributed by atoms with Gasteiger partial charge in [-0.25, -0.2) is 15.0 Å². The Morgan fingerprint density at radius 2 is 2.21 bits per heavy atom. The third kappa shape index (κ3) is 4.06. The van der Waals surface area contributed by atoms with Gasteiger partial charge in [0.05, 0.1) is 12.3 Å². The molecule has 0 radical (unpaired) electrons. The van der Waals surface area contributed by atoms with Crippen molar-refractivity contribution in [3.63, 3.8) is 0 Å². The molecule has 1 N–H and O–H groups in total. The van der Waals surface area contributed by atoms with E-state index in [4.69, 9.17) is 16.3 Å². The minimum absolute atomic E-state index is 0.104. The molecular formula is C13H15ClN4O. The van der Waals surface area contributed by atoms with Crippen LogP contribution < -0.4 is 10.1 Å². The number of hydrogen-bond acceptors (Lipinski definition) is 5. The van der Waals surface area contributed by atoms with Crippen molar-refractivity contribution in [2.45, 2.75) is 26.5 Å². The summed E-state index contributed by atoms with van der Waals surface area (Å²) in [5.74, 6) is 1.22. The summed E-state index contributed by atoms with van der Waals surface area (Å²) < 4.78 is 5.54. The molecule has 0 saturated carbocycles. The average Bonchev–Trinajstić information content (AvgIpc) is 2.37. The SMILES string of the molecule is CC(C)Oc1cc(CNc2ncncc2Cl)ccn1. The van der Waals surface area contributed by atoms with Gasteiger partial charge in [0.15, 0.2) is 0 Å². The summed E-state index contributed by atoms with van der Waals surface area (Å²) in [4.78, 5) is 12.0. The van der Waals surface area contributed by atoms with Gasteiger partial charge in [-0.2, -0.15) is 0 Å². The molecule has 2 heterocycles. The number of rotatable bonds is 5. The highest BCUT2D eigenvalue weighted by molar-refractivity contribution is 6.32. The number of nitrogens with zero attached hydrogens (tertiary/aromatic N) is 3. The van der Waals surface area contributed by atoms with E-state index >= 15 is 0 Å². The van der Waals surface area contributed by atoms with E-state index in [0.717, 1.165) is 5.56 Å². The first kappa shape index (κ1) is 13.5. The fourth-order valence-corrected chi connectivity index (χ4v) is 1.67. The fraction of sp³-hybridized carbons (Fsp3) is 0.308. The second-order valence-corrected chi connectivity index (χ2v) is 4.65. The van der Waals surface area contributed by atoms with Crippen LogP contribution in [0.1, 0.15) is 19.4 Å². The lowest BCUT2D eigenvalue weighted by atomic mass is 10.2. The molecule has 5 nitrogen and oxygen atoms in total. The number of ether oxygens (including phenoxy) is 1. The van der Waals surface area contributed by atoms with E-state index in [0.29, 0.717) is 23.3 Å². The molecule has 0 aliphatic rings. The van der Waals surface area contributed by atoms with Gasteiger partial charge in [0, 0.05) is 18.8 Å². The molecule has 2 aromatic heterocycles. The topological polar surface area (TPSA) is 59.9 Å². The predicted molar refractivity (Wildman–Crippen MR) is 74.4 cm³/mol. The summed E-state index contributed by atoms with van der Waals surface area (Å²) in [5.41, 5.74) is 1.04. The summed E-state index contributed by atoms with van der Waals surface area (Å²) in [5, 5.41) is 3.64. The van der Waals surface area contributed by atoms with E-state index in [1.807, 2.05) is 26.0 Å². The maximum Gasteiger partial charge on any atom is 0.213 e. The summed E-state index contributed by atoms with van der Waals surface area (Å²) in [6.45, 7) is 4.52. The van der Waals surface area contributed by atoms with Gasteiger partial charge in [0.2, 0.25) is 5.88 Å². The zero-order valence-corrected chi connectivity index (χ0v) is 11.6. The van der Waals surface area contributed by atoms with E-state index < -0.39 is 0 Å². The van der Waals surface area contributed by atoms with Crippen molar-refractivity contribution >= 4 is 17.4 Å².